The Morgan fingerprint density at radius 2 is 1.72 bits per heavy atom. The molecule has 0 amide bonds. The van der Waals surface area contributed by atoms with E-state index < -0.39 is 5.97 Å². The predicted molar refractivity (Wildman–Crippen MR) is 106 cm³/mol. The molecule has 0 radical (unpaired) electrons. The van der Waals surface area contributed by atoms with Gasteiger partial charge in [-0.25, -0.2) is 9.48 Å². The Bertz CT molecular complexity index is 1080. The third-order valence-corrected chi connectivity index (χ3v) is 4.32. The summed E-state index contributed by atoms with van der Waals surface area (Å²) in [6.07, 6.45) is 3.07. The lowest BCUT2D eigenvalue weighted by molar-refractivity contribution is 0.0696. The zero-order chi connectivity index (χ0) is 21.0. The summed E-state index contributed by atoms with van der Waals surface area (Å²) < 4.78 is 11.9. The first-order valence-corrected chi connectivity index (χ1v) is 8.65. The van der Waals surface area contributed by atoms with E-state index in [1.165, 1.54) is 22.9 Å². The van der Waals surface area contributed by atoms with E-state index >= 15 is 0 Å². The molecule has 0 aliphatic carbocycles. The van der Waals surface area contributed by atoms with Crippen LogP contribution in [0.1, 0.15) is 32.1 Å². The summed E-state index contributed by atoms with van der Waals surface area (Å²) >= 11 is 0. The fraction of sp³-hybridized carbons (Fsp3) is 0.143. The molecular formula is C21H19N3O5. The molecule has 1 aromatic heterocycles. The van der Waals surface area contributed by atoms with Crippen LogP contribution in [-0.4, -0.2) is 46.1 Å². The van der Waals surface area contributed by atoms with Gasteiger partial charge in [-0.1, -0.05) is 17.4 Å². The van der Waals surface area contributed by atoms with E-state index in [-0.39, 0.29) is 17.0 Å². The van der Waals surface area contributed by atoms with Crippen molar-refractivity contribution in [1.29, 1.82) is 0 Å². The van der Waals surface area contributed by atoms with Gasteiger partial charge in [0, 0.05) is 0 Å². The normalized spacial score (nSPS) is 10.9. The maximum Gasteiger partial charge on any atom is 0.335 e. The molecule has 0 bridgehead atoms. The SMILES string of the molecule is COc1ccc(/C=C/C(=O)c2nnn(-c3ccc(C(=O)O)cc3)c2C)cc1OC. The van der Waals surface area contributed by atoms with Crippen molar-refractivity contribution in [1.82, 2.24) is 15.0 Å². The molecule has 0 unspecified atom stereocenters. The van der Waals surface area contributed by atoms with Crippen LogP contribution in [0.25, 0.3) is 11.8 Å². The first-order chi connectivity index (χ1) is 13.9. The van der Waals surface area contributed by atoms with Crippen LogP contribution < -0.4 is 9.47 Å². The summed E-state index contributed by atoms with van der Waals surface area (Å²) in [6.45, 7) is 1.72. The number of hydrogen-bond acceptors (Lipinski definition) is 6. The van der Waals surface area contributed by atoms with Crippen molar-refractivity contribution < 1.29 is 24.2 Å². The number of carbonyl (C=O) groups excluding carboxylic acids is 1. The van der Waals surface area contributed by atoms with E-state index in [0.29, 0.717) is 22.9 Å². The Morgan fingerprint density at radius 3 is 2.34 bits per heavy atom. The second kappa shape index (κ2) is 8.39. The van der Waals surface area contributed by atoms with Gasteiger partial charge in [0.2, 0.25) is 5.78 Å². The van der Waals surface area contributed by atoms with Gasteiger partial charge >= 0.3 is 5.97 Å². The summed E-state index contributed by atoms with van der Waals surface area (Å²) in [6, 6.07) is 11.5. The highest BCUT2D eigenvalue weighted by Gasteiger charge is 2.16. The minimum absolute atomic E-state index is 0.167. The summed E-state index contributed by atoms with van der Waals surface area (Å²) in [5, 5.41) is 17.0. The zero-order valence-electron chi connectivity index (χ0n) is 16.1. The third-order valence-electron chi connectivity index (χ3n) is 4.32. The van der Waals surface area contributed by atoms with Crippen molar-refractivity contribution in [3.63, 3.8) is 0 Å². The number of benzene rings is 2. The lowest BCUT2D eigenvalue weighted by Crippen LogP contribution is -2.03. The minimum Gasteiger partial charge on any atom is -0.493 e. The number of aromatic nitrogens is 3. The van der Waals surface area contributed by atoms with Crippen LogP contribution >= 0.6 is 0 Å². The molecule has 1 heterocycles. The van der Waals surface area contributed by atoms with E-state index in [2.05, 4.69) is 10.3 Å². The number of carbonyl (C=O) groups is 2. The maximum absolute atomic E-state index is 12.6. The Hall–Kier alpha value is -3.94. The lowest BCUT2D eigenvalue weighted by atomic mass is 10.1. The van der Waals surface area contributed by atoms with Crippen molar-refractivity contribution in [2.45, 2.75) is 6.92 Å². The largest absolute Gasteiger partial charge is 0.493 e. The van der Waals surface area contributed by atoms with Crippen LogP contribution in [0.15, 0.2) is 48.5 Å². The van der Waals surface area contributed by atoms with Gasteiger partial charge < -0.3 is 14.6 Å². The quantitative estimate of drug-likeness (QED) is 0.486. The molecule has 3 rings (SSSR count). The highest BCUT2D eigenvalue weighted by molar-refractivity contribution is 6.06. The smallest absolute Gasteiger partial charge is 0.335 e. The standard InChI is InChI=1S/C21H19N3O5/c1-13-20(22-23-24(13)16-8-6-15(7-9-16)21(26)27)17(25)10-4-14-5-11-18(28-2)19(12-14)29-3/h4-12H,1-3H3,(H,26,27)/b10-4+. The number of allylic oxidation sites excluding steroid dienone is 1. The molecular weight excluding hydrogens is 374 g/mol. The molecule has 0 saturated carbocycles. The second-order valence-electron chi connectivity index (χ2n) is 6.10. The molecule has 8 heteroatoms. The fourth-order valence-corrected chi connectivity index (χ4v) is 2.75. The number of aromatic carboxylic acids is 1. The lowest BCUT2D eigenvalue weighted by Gasteiger charge is -2.07. The molecule has 0 aliphatic rings. The number of rotatable bonds is 7. The number of carboxylic acid groups (broad SMARTS) is 1. The number of hydrogen-bond donors (Lipinski definition) is 1. The number of ether oxygens (including phenoxy) is 2. The van der Waals surface area contributed by atoms with Crippen LogP contribution in [0.3, 0.4) is 0 Å². The Morgan fingerprint density at radius 1 is 1.03 bits per heavy atom. The molecule has 0 saturated heterocycles. The Labute approximate surface area is 167 Å². The Kier molecular flexibility index (Phi) is 5.73. The van der Waals surface area contributed by atoms with Crippen molar-refractivity contribution in [3.8, 4) is 17.2 Å². The molecule has 0 fully saturated rings. The van der Waals surface area contributed by atoms with Crippen molar-refractivity contribution in [2.24, 2.45) is 0 Å². The number of methoxy groups -OCH3 is 2. The first-order valence-electron chi connectivity index (χ1n) is 8.65. The summed E-state index contributed by atoms with van der Waals surface area (Å²) in [5.74, 6) is -0.147. The van der Waals surface area contributed by atoms with Gasteiger partial charge in [0.1, 0.15) is 0 Å². The van der Waals surface area contributed by atoms with Crippen LogP contribution in [-0.2, 0) is 0 Å². The average molecular weight is 393 g/mol. The summed E-state index contributed by atoms with van der Waals surface area (Å²) in [7, 11) is 3.10. The molecule has 3 aromatic rings. The van der Waals surface area contributed by atoms with E-state index in [9.17, 15) is 9.59 Å². The van der Waals surface area contributed by atoms with Crippen molar-refractivity contribution in [3.05, 3.63) is 71.1 Å². The van der Waals surface area contributed by atoms with Crippen molar-refractivity contribution in [2.75, 3.05) is 14.2 Å². The number of nitrogens with zero attached hydrogens (tertiary/aromatic N) is 3. The van der Waals surface area contributed by atoms with Gasteiger partial charge in [-0.05, 0) is 55.0 Å². The Balaban J connectivity index is 1.82. The molecule has 0 aliphatic heterocycles. The molecule has 148 valence electrons. The molecule has 0 spiro atoms. The van der Waals surface area contributed by atoms with E-state index in [1.807, 2.05) is 0 Å². The van der Waals surface area contributed by atoms with Crippen LogP contribution in [0.5, 0.6) is 11.5 Å². The van der Waals surface area contributed by atoms with Crippen LogP contribution in [0, 0.1) is 6.92 Å². The predicted octanol–water partition coefficient (Wildman–Crippen LogP) is 3.19. The maximum atomic E-state index is 12.6. The molecule has 2 aromatic carbocycles. The van der Waals surface area contributed by atoms with Crippen LogP contribution in [0.2, 0.25) is 0 Å². The summed E-state index contributed by atoms with van der Waals surface area (Å²) in [4.78, 5) is 23.5. The van der Waals surface area contributed by atoms with Gasteiger partial charge in [-0.3, -0.25) is 4.79 Å². The van der Waals surface area contributed by atoms with Crippen LogP contribution in [0.4, 0.5) is 0 Å². The number of carboxylic acids is 1. The van der Waals surface area contributed by atoms with E-state index in [1.54, 1.807) is 57.6 Å². The molecule has 1 N–H and O–H groups in total. The monoisotopic (exact) mass is 393 g/mol. The second-order valence-corrected chi connectivity index (χ2v) is 6.10. The minimum atomic E-state index is -1.01. The van der Waals surface area contributed by atoms with Gasteiger partial charge in [0.15, 0.2) is 17.2 Å². The molecule has 29 heavy (non-hydrogen) atoms. The van der Waals surface area contributed by atoms with Gasteiger partial charge in [0.25, 0.3) is 0 Å². The third kappa shape index (κ3) is 4.16. The highest BCUT2D eigenvalue weighted by Crippen LogP contribution is 2.28. The van der Waals surface area contributed by atoms with Gasteiger partial charge in [0.05, 0.1) is 31.2 Å². The zero-order valence-corrected chi connectivity index (χ0v) is 16.1. The van der Waals surface area contributed by atoms with Gasteiger partial charge in [-0.2, -0.15) is 0 Å². The van der Waals surface area contributed by atoms with Crippen molar-refractivity contribution >= 4 is 17.8 Å². The molecule has 0 atom stereocenters. The fourth-order valence-electron chi connectivity index (χ4n) is 2.75. The first kappa shape index (κ1) is 19.8. The highest BCUT2D eigenvalue weighted by atomic mass is 16.5. The van der Waals surface area contributed by atoms with E-state index in [0.717, 1.165) is 5.56 Å². The molecule has 8 nitrogen and oxygen atoms in total. The summed E-state index contributed by atoms with van der Waals surface area (Å²) in [5.41, 5.74) is 2.31. The average Bonchev–Trinajstić information content (AvgIpc) is 3.13. The van der Waals surface area contributed by atoms with Gasteiger partial charge in [-0.15, -0.1) is 5.10 Å². The number of ketones is 1. The van der Waals surface area contributed by atoms with E-state index in [4.69, 9.17) is 14.6 Å². The topological polar surface area (TPSA) is 104 Å².